The van der Waals surface area contributed by atoms with E-state index in [1.54, 1.807) is 30.3 Å². The normalized spacial score (nSPS) is 16.0. The fourth-order valence-electron chi connectivity index (χ4n) is 2.21. The number of imide groups is 1. The third kappa shape index (κ3) is 3.33. The molecular formula is C18H12N2O2S. The van der Waals surface area contributed by atoms with E-state index >= 15 is 0 Å². The minimum atomic E-state index is -0.284. The highest BCUT2D eigenvalue weighted by Gasteiger charge is 2.34. The quantitative estimate of drug-likeness (QED) is 0.807. The lowest BCUT2D eigenvalue weighted by molar-refractivity contribution is -0.123. The third-order valence-corrected chi connectivity index (χ3v) is 4.30. The van der Waals surface area contributed by atoms with Crippen molar-refractivity contribution in [2.45, 2.75) is 6.54 Å². The van der Waals surface area contributed by atoms with E-state index in [0.717, 1.165) is 22.9 Å². The van der Waals surface area contributed by atoms with Gasteiger partial charge in [-0.3, -0.25) is 14.5 Å². The summed E-state index contributed by atoms with van der Waals surface area (Å²) < 4.78 is 0. The zero-order valence-corrected chi connectivity index (χ0v) is 12.9. The standard InChI is InChI=1S/C18H12N2O2S/c19-11-14-8-6-13(7-9-14)10-16-17(21)20(18(22)23-16)12-15-4-2-1-3-5-15/h1-10H,12H2/b16-10+. The Hall–Kier alpha value is -2.84. The van der Waals surface area contributed by atoms with Crippen LogP contribution in [0.15, 0.2) is 59.5 Å². The van der Waals surface area contributed by atoms with Crippen LogP contribution in [0.25, 0.3) is 6.08 Å². The van der Waals surface area contributed by atoms with Crippen molar-refractivity contribution in [3.8, 4) is 6.07 Å². The number of carbonyl (C=O) groups is 2. The molecule has 3 rings (SSSR count). The van der Waals surface area contributed by atoms with Crippen molar-refractivity contribution in [2.24, 2.45) is 0 Å². The summed E-state index contributed by atoms with van der Waals surface area (Å²) in [5, 5.41) is 8.52. The van der Waals surface area contributed by atoms with E-state index < -0.39 is 0 Å². The van der Waals surface area contributed by atoms with Crippen LogP contribution in [0.1, 0.15) is 16.7 Å². The van der Waals surface area contributed by atoms with Crippen LogP contribution < -0.4 is 0 Å². The van der Waals surface area contributed by atoms with E-state index in [9.17, 15) is 9.59 Å². The smallest absolute Gasteiger partial charge is 0.268 e. The number of carbonyl (C=O) groups excluding carboxylic acids is 2. The highest BCUT2D eigenvalue weighted by Crippen LogP contribution is 2.33. The molecule has 5 heteroatoms. The summed E-state index contributed by atoms with van der Waals surface area (Å²) >= 11 is 0.939. The topological polar surface area (TPSA) is 61.2 Å². The predicted molar refractivity (Wildman–Crippen MR) is 89.1 cm³/mol. The molecule has 0 saturated carbocycles. The molecule has 1 aliphatic rings. The largest absolute Gasteiger partial charge is 0.293 e. The Morgan fingerprint density at radius 3 is 2.39 bits per heavy atom. The van der Waals surface area contributed by atoms with Crippen molar-refractivity contribution >= 4 is 29.0 Å². The highest BCUT2D eigenvalue weighted by atomic mass is 32.2. The van der Waals surface area contributed by atoms with E-state index in [2.05, 4.69) is 0 Å². The Morgan fingerprint density at radius 1 is 1.04 bits per heavy atom. The maximum Gasteiger partial charge on any atom is 0.293 e. The number of benzene rings is 2. The van der Waals surface area contributed by atoms with Crippen LogP contribution in [0.2, 0.25) is 0 Å². The number of hydrogen-bond acceptors (Lipinski definition) is 4. The van der Waals surface area contributed by atoms with E-state index in [-0.39, 0.29) is 17.7 Å². The van der Waals surface area contributed by atoms with Crippen molar-refractivity contribution in [3.05, 3.63) is 76.2 Å². The summed E-state index contributed by atoms with van der Waals surface area (Å²) in [7, 11) is 0. The number of nitrogens with zero attached hydrogens (tertiary/aromatic N) is 2. The van der Waals surface area contributed by atoms with Gasteiger partial charge >= 0.3 is 0 Å². The molecule has 0 spiro atoms. The van der Waals surface area contributed by atoms with Gasteiger partial charge in [-0.05, 0) is 41.1 Å². The molecule has 23 heavy (non-hydrogen) atoms. The minimum Gasteiger partial charge on any atom is -0.268 e. The van der Waals surface area contributed by atoms with Crippen LogP contribution in [0, 0.1) is 11.3 Å². The molecule has 0 aromatic heterocycles. The predicted octanol–water partition coefficient (Wildman–Crippen LogP) is 3.79. The van der Waals surface area contributed by atoms with E-state index in [4.69, 9.17) is 5.26 Å². The van der Waals surface area contributed by atoms with Crippen LogP contribution in [0.4, 0.5) is 4.79 Å². The van der Waals surface area contributed by atoms with Gasteiger partial charge in [-0.25, -0.2) is 0 Å². The van der Waals surface area contributed by atoms with Crippen molar-refractivity contribution in [3.63, 3.8) is 0 Å². The van der Waals surface area contributed by atoms with Gasteiger partial charge in [0.25, 0.3) is 11.1 Å². The summed E-state index contributed by atoms with van der Waals surface area (Å²) in [5.74, 6) is -0.284. The molecule has 1 saturated heterocycles. The number of amides is 2. The number of rotatable bonds is 3. The average molecular weight is 320 g/mol. The highest BCUT2D eigenvalue weighted by molar-refractivity contribution is 8.18. The molecule has 112 valence electrons. The summed E-state index contributed by atoms with van der Waals surface area (Å²) in [5.41, 5.74) is 2.25. The lowest BCUT2D eigenvalue weighted by atomic mass is 10.1. The summed E-state index contributed by atoms with van der Waals surface area (Å²) in [6.07, 6.45) is 1.68. The van der Waals surface area contributed by atoms with Crippen LogP contribution in [0.5, 0.6) is 0 Å². The van der Waals surface area contributed by atoms with Crippen molar-refractivity contribution in [1.82, 2.24) is 4.90 Å². The van der Waals surface area contributed by atoms with Crippen molar-refractivity contribution < 1.29 is 9.59 Å². The molecular weight excluding hydrogens is 308 g/mol. The maximum atomic E-state index is 12.4. The second-order valence-corrected chi connectivity index (χ2v) is 5.98. The van der Waals surface area contributed by atoms with E-state index in [1.165, 1.54) is 4.90 Å². The summed E-state index contributed by atoms with van der Waals surface area (Å²) in [6.45, 7) is 0.274. The van der Waals surface area contributed by atoms with Gasteiger partial charge in [0, 0.05) is 0 Å². The molecule has 0 bridgehead atoms. The van der Waals surface area contributed by atoms with Gasteiger partial charge in [0.15, 0.2) is 0 Å². The fourth-order valence-corrected chi connectivity index (χ4v) is 3.05. The van der Waals surface area contributed by atoms with Gasteiger partial charge in [-0.2, -0.15) is 5.26 Å². The molecule has 1 aliphatic heterocycles. The van der Waals surface area contributed by atoms with Crippen LogP contribution in [-0.2, 0) is 11.3 Å². The second kappa shape index (κ2) is 6.51. The van der Waals surface area contributed by atoms with Gasteiger partial charge in [0.2, 0.25) is 0 Å². The Morgan fingerprint density at radius 2 is 1.74 bits per heavy atom. The third-order valence-electron chi connectivity index (χ3n) is 3.39. The summed E-state index contributed by atoms with van der Waals surface area (Å²) in [6, 6.07) is 18.3. The summed E-state index contributed by atoms with van der Waals surface area (Å²) in [4.78, 5) is 26.1. The lowest BCUT2D eigenvalue weighted by Gasteiger charge is -2.12. The molecule has 0 atom stereocenters. The minimum absolute atomic E-state index is 0.265. The van der Waals surface area contributed by atoms with Gasteiger partial charge in [-0.15, -0.1) is 0 Å². The first-order valence-corrected chi connectivity index (χ1v) is 7.78. The van der Waals surface area contributed by atoms with E-state index in [1.807, 2.05) is 36.4 Å². The molecule has 0 radical (unpaired) electrons. The number of hydrogen-bond donors (Lipinski definition) is 0. The lowest BCUT2D eigenvalue weighted by Crippen LogP contribution is -2.27. The zero-order chi connectivity index (χ0) is 16.2. The molecule has 1 fully saturated rings. The van der Waals surface area contributed by atoms with Crippen molar-refractivity contribution in [2.75, 3.05) is 0 Å². The van der Waals surface area contributed by atoms with Crippen LogP contribution in [0.3, 0.4) is 0 Å². The molecule has 2 amide bonds. The van der Waals surface area contributed by atoms with Crippen LogP contribution in [-0.4, -0.2) is 16.0 Å². The van der Waals surface area contributed by atoms with Crippen LogP contribution >= 0.6 is 11.8 Å². The Labute approximate surface area is 138 Å². The molecule has 2 aromatic rings. The molecule has 2 aromatic carbocycles. The molecule has 0 N–H and O–H groups in total. The number of nitriles is 1. The first kappa shape index (κ1) is 15.1. The van der Waals surface area contributed by atoms with Gasteiger partial charge in [0.05, 0.1) is 23.1 Å². The van der Waals surface area contributed by atoms with E-state index in [0.29, 0.717) is 10.5 Å². The molecule has 0 aliphatic carbocycles. The van der Waals surface area contributed by atoms with Gasteiger partial charge in [-0.1, -0.05) is 42.5 Å². The SMILES string of the molecule is N#Cc1ccc(/C=C2/SC(=O)N(Cc3ccccc3)C2=O)cc1. The van der Waals surface area contributed by atoms with Gasteiger partial charge in [0.1, 0.15) is 0 Å². The maximum absolute atomic E-state index is 12.4. The Bertz CT molecular complexity index is 820. The van der Waals surface area contributed by atoms with Gasteiger partial charge < -0.3 is 0 Å². The zero-order valence-electron chi connectivity index (χ0n) is 12.1. The first-order valence-electron chi connectivity index (χ1n) is 6.97. The second-order valence-electron chi connectivity index (χ2n) is 4.99. The molecule has 0 unspecified atom stereocenters. The fraction of sp³-hybridized carbons (Fsp3) is 0.0556. The Kier molecular flexibility index (Phi) is 4.26. The first-order chi connectivity index (χ1) is 11.2. The number of thioether (sulfide) groups is 1. The molecule has 1 heterocycles. The van der Waals surface area contributed by atoms with Crippen molar-refractivity contribution in [1.29, 1.82) is 5.26 Å². The molecule has 4 nitrogen and oxygen atoms in total. The Balaban J connectivity index is 1.80. The monoisotopic (exact) mass is 320 g/mol. The average Bonchev–Trinajstić information content (AvgIpc) is 2.84.